The van der Waals surface area contributed by atoms with Crippen molar-refractivity contribution in [1.29, 1.82) is 0 Å². The number of benzene rings is 1. The molecule has 0 aromatic heterocycles. The predicted molar refractivity (Wildman–Crippen MR) is 73.4 cm³/mol. The fourth-order valence-corrected chi connectivity index (χ4v) is 3.10. The van der Waals surface area contributed by atoms with Gasteiger partial charge in [0.05, 0.1) is 10.9 Å². The van der Waals surface area contributed by atoms with E-state index in [1.54, 1.807) is 19.1 Å². The lowest BCUT2D eigenvalue weighted by Crippen LogP contribution is -2.34. The molecular formula is C13H18N2O2S. The Balaban J connectivity index is 3.07. The Morgan fingerprint density at radius 3 is 2.72 bits per heavy atom. The quantitative estimate of drug-likeness (QED) is 0.629. The second kappa shape index (κ2) is 5.89. The molecule has 3 N–H and O–H groups in total. The Morgan fingerprint density at radius 1 is 1.50 bits per heavy atom. The Labute approximate surface area is 109 Å². The third kappa shape index (κ3) is 3.25. The number of nitrogens with two attached hydrogens (primary N) is 1. The molecule has 4 nitrogen and oxygen atoms in total. The molecule has 0 fully saturated rings. The van der Waals surface area contributed by atoms with Crippen molar-refractivity contribution in [1.82, 2.24) is 4.72 Å². The van der Waals surface area contributed by atoms with E-state index < -0.39 is 16.1 Å². The van der Waals surface area contributed by atoms with E-state index in [4.69, 9.17) is 12.2 Å². The molecule has 0 radical (unpaired) electrons. The first-order chi connectivity index (χ1) is 8.42. The average Bonchev–Trinajstić information content (AvgIpc) is 2.31. The number of rotatable bonds is 5. The maximum atomic E-state index is 12.2. The van der Waals surface area contributed by atoms with E-state index in [2.05, 4.69) is 10.6 Å². The number of terminal acetylenes is 1. The summed E-state index contributed by atoms with van der Waals surface area (Å²) in [6.45, 7) is 3.62. The molecule has 0 aliphatic heterocycles. The fraction of sp³-hybridized carbons (Fsp3) is 0.385. The predicted octanol–water partition coefficient (Wildman–Crippen LogP) is 1.66. The van der Waals surface area contributed by atoms with Crippen LogP contribution in [0.5, 0.6) is 0 Å². The van der Waals surface area contributed by atoms with Crippen molar-refractivity contribution in [3.05, 3.63) is 23.8 Å². The highest BCUT2D eigenvalue weighted by Gasteiger charge is 2.20. The third-order valence-electron chi connectivity index (χ3n) is 2.69. The van der Waals surface area contributed by atoms with Gasteiger partial charge in [0, 0.05) is 5.69 Å². The van der Waals surface area contributed by atoms with E-state index in [-0.39, 0.29) is 4.90 Å². The monoisotopic (exact) mass is 266 g/mol. The summed E-state index contributed by atoms with van der Waals surface area (Å²) >= 11 is 0. The summed E-state index contributed by atoms with van der Waals surface area (Å²) in [5.41, 5.74) is 6.70. The van der Waals surface area contributed by atoms with Gasteiger partial charge in [0.25, 0.3) is 0 Å². The van der Waals surface area contributed by atoms with Crippen molar-refractivity contribution in [3.63, 3.8) is 0 Å². The molecule has 18 heavy (non-hydrogen) atoms. The fourth-order valence-electron chi connectivity index (χ4n) is 1.64. The van der Waals surface area contributed by atoms with Gasteiger partial charge in [0.1, 0.15) is 0 Å². The first-order valence-corrected chi connectivity index (χ1v) is 7.24. The van der Waals surface area contributed by atoms with Crippen LogP contribution in [-0.4, -0.2) is 14.5 Å². The lowest BCUT2D eigenvalue weighted by Gasteiger charge is -2.14. The molecule has 0 spiro atoms. The van der Waals surface area contributed by atoms with Crippen LogP contribution in [0.2, 0.25) is 0 Å². The van der Waals surface area contributed by atoms with Crippen LogP contribution in [0.15, 0.2) is 23.1 Å². The largest absolute Gasteiger partial charge is 0.398 e. The number of nitrogens with one attached hydrogen (secondary N) is 1. The summed E-state index contributed by atoms with van der Waals surface area (Å²) in [5, 5.41) is 0. The standard InChI is InChI=1S/C13H18N2O2S/c1-4-7-11(5-2)15-18(16,17)13-9-6-8-12(14)10(13)3/h2,6,8-9,11,15H,4,7,14H2,1,3H3. The molecule has 0 aliphatic carbocycles. The van der Waals surface area contributed by atoms with Crippen LogP contribution < -0.4 is 10.5 Å². The van der Waals surface area contributed by atoms with Crippen molar-refractivity contribution < 1.29 is 8.42 Å². The highest BCUT2D eigenvalue weighted by Crippen LogP contribution is 2.20. The van der Waals surface area contributed by atoms with Crippen molar-refractivity contribution in [3.8, 4) is 12.3 Å². The first kappa shape index (κ1) is 14.6. The second-order valence-electron chi connectivity index (χ2n) is 4.10. The summed E-state index contributed by atoms with van der Waals surface area (Å²) in [6, 6.07) is 4.31. The molecule has 0 bridgehead atoms. The minimum atomic E-state index is -3.62. The zero-order valence-electron chi connectivity index (χ0n) is 10.6. The summed E-state index contributed by atoms with van der Waals surface area (Å²) in [4.78, 5) is 0.179. The molecule has 1 aromatic rings. The third-order valence-corrected chi connectivity index (χ3v) is 4.31. The van der Waals surface area contributed by atoms with Gasteiger partial charge in [-0.2, -0.15) is 4.72 Å². The SMILES string of the molecule is C#CC(CCC)NS(=O)(=O)c1cccc(N)c1C. The maximum Gasteiger partial charge on any atom is 0.241 e. The lowest BCUT2D eigenvalue weighted by atomic mass is 10.2. The second-order valence-corrected chi connectivity index (χ2v) is 5.78. The van der Waals surface area contributed by atoms with Crippen LogP contribution in [0.3, 0.4) is 0 Å². The molecule has 98 valence electrons. The molecule has 0 heterocycles. The molecule has 1 unspecified atom stereocenters. The summed E-state index contributed by atoms with van der Waals surface area (Å²) in [6.07, 6.45) is 6.73. The highest BCUT2D eigenvalue weighted by atomic mass is 32.2. The highest BCUT2D eigenvalue weighted by molar-refractivity contribution is 7.89. The summed E-state index contributed by atoms with van der Waals surface area (Å²) in [5.74, 6) is 2.44. The Morgan fingerprint density at radius 2 is 2.17 bits per heavy atom. The van der Waals surface area contributed by atoms with E-state index in [1.807, 2.05) is 6.92 Å². The van der Waals surface area contributed by atoms with E-state index in [1.165, 1.54) is 6.07 Å². The maximum absolute atomic E-state index is 12.2. The lowest BCUT2D eigenvalue weighted by molar-refractivity contribution is 0.564. The molecule has 0 saturated heterocycles. The smallest absolute Gasteiger partial charge is 0.241 e. The number of anilines is 1. The van der Waals surface area contributed by atoms with Crippen LogP contribution in [0.1, 0.15) is 25.3 Å². The van der Waals surface area contributed by atoms with Gasteiger partial charge in [0.2, 0.25) is 10.0 Å². The Bertz CT molecular complexity index is 559. The normalized spacial score (nSPS) is 12.9. The molecule has 1 aromatic carbocycles. The van der Waals surface area contributed by atoms with Crippen LogP contribution in [-0.2, 0) is 10.0 Å². The van der Waals surface area contributed by atoms with E-state index in [9.17, 15) is 8.42 Å². The molecule has 1 rings (SSSR count). The van der Waals surface area contributed by atoms with Crippen molar-refractivity contribution >= 4 is 15.7 Å². The zero-order chi connectivity index (χ0) is 13.8. The van der Waals surface area contributed by atoms with E-state index >= 15 is 0 Å². The minimum absolute atomic E-state index is 0.179. The van der Waals surface area contributed by atoms with Crippen molar-refractivity contribution in [2.75, 3.05) is 5.73 Å². The first-order valence-electron chi connectivity index (χ1n) is 5.76. The number of hydrogen-bond acceptors (Lipinski definition) is 3. The van der Waals surface area contributed by atoms with Gasteiger partial charge in [-0.1, -0.05) is 25.3 Å². The van der Waals surface area contributed by atoms with Crippen molar-refractivity contribution in [2.45, 2.75) is 37.6 Å². The average molecular weight is 266 g/mol. The van der Waals surface area contributed by atoms with Gasteiger partial charge >= 0.3 is 0 Å². The van der Waals surface area contributed by atoms with Crippen LogP contribution >= 0.6 is 0 Å². The Hall–Kier alpha value is -1.51. The molecule has 0 saturated carbocycles. The van der Waals surface area contributed by atoms with Gasteiger partial charge in [-0.15, -0.1) is 6.42 Å². The molecule has 0 aliphatic rings. The van der Waals surface area contributed by atoms with Crippen LogP contribution in [0.25, 0.3) is 0 Å². The van der Waals surface area contributed by atoms with Gasteiger partial charge in [-0.05, 0) is 31.0 Å². The van der Waals surface area contributed by atoms with Gasteiger partial charge < -0.3 is 5.73 Å². The Kier molecular flexibility index (Phi) is 4.76. The van der Waals surface area contributed by atoms with Gasteiger partial charge in [-0.3, -0.25) is 0 Å². The summed E-state index contributed by atoms with van der Waals surface area (Å²) < 4.78 is 26.9. The van der Waals surface area contributed by atoms with Gasteiger partial charge in [-0.25, -0.2) is 8.42 Å². The minimum Gasteiger partial charge on any atom is -0.398 e. The number of sulfonamides is 1. The topological polar surface area (TPSA) is 72.2 Å². The zero-order valence-corrected chi connectivity index (χ0v) is 11.4. The molecule has 5 heteroatoms. The van der Waals surface area contributed by atoms with Crippen LogP contribution in [0, 0.1) is 19.3 Å². The number of hydrogen-bond donors (Lipinski definition) is 2. The number of nitrogen functional groups attached to an aromatic ring is 1. The van der Waals surface area contributed by atoms with Crippen LogP contribution in [0.4, 0.5) is 5.69 Å². The molecule has 0 amide bonds. The van der Waals surface area contributed by atoms with Crippen molar-refractivity contribution in [2.24, 2.45) is 0 Å². The van der Waals surface area contributed by atoms with E-state index in [0.29, 0.717) is 17.7 Å². The van der Waals surface area contributed by atoms with E-state index in [0.717, 1.165) is 6.42 Å². The van der Waals surface area contributed by atoms with Gasteiger partial charge in [0.15, 0.2) is 0 Å². The summed E-state index contributed by atoms with van der Waals surface area (Å²) in [7, 11) is -3.62. The molecule has 1 atom stereocenters. The molecular weight excluding hydrogens is 248 g/mol.